The third-order valence-electron chi connectivity index (χ3n) is 6.62. The highest BCUT2D eigenvalue weighted by Crippen LogP contribution is 2.46. The maximum absolute atomic E-state index is 15.0. The first-order valence-electron chi connectivity index (χ1n) is 11.7. The average Bonchev–Trinajstić information content (AvgIpc) is 3.64. The van der Waals surface area contributed by atoms with Crippen LogP contribution in [0.5, 0.6) is 6.01 Å². The van der Waals surface area contributed by atoms with E-state index in [4.69, 9.17) is 30.9 Å². The molecule has 190 valence electrons. The summed E-state index contributed by atoms with van der Waals surface area (Å²) >= 11 is 5.94. The number of carbonyl (C=O) groups is 1. The number of nitrogens with zero attached hydrogens (tertiary/aromatic N) is 5. The van der Waals surface area contributed by atoms with E-state index >= 15 is 0 Å². The van der Waals surface area contributed by atoms with Crippen molar-refractivity contribution in [2.75, 3.05) is 70.7 Å². The first-order chi connectivity index (χ1) is 16.9. The minimum atomic E-state index is -1.15. The number of hydrogen-bond acceptors (Lipinski definition) is 9. The fraction of sp³-hybridized carbons (Fsp3) is 0.636. The fourth-order valence-electron chi connectivity index (χ4n) is 4.55. The largest absolute Gasteiger partial charge is 0.465 e. The number of rotatable bonds is 7. The molecule has 1 amide bonds. The second kappa shape index (κ2) is 10.2. The highest BCUT2D eigenvalue weighted by molar-refractivity contribution is 6.30. The Kier molecular flexibility index (Phi) is 7.05. The summed E-state index contributed by atoms with van der Waals surface area (Å²) in [6.45, 7) is 5.88. The topological polar surface area (TPSA) is 122 Å². The molecular weight excluding hydrogens is 483 g/mol. The number of pyridine rings is 1. The van der Waals surface area contributed by atoms with Gasteiger partial charge in [-0.3, -0.25) is 4.90 Å². The standard InChI is InChI=1S/C22H28ClFN6O5/c23-18-16(24)17-15(9-25-18)19(30-5-8-34-11-14(10-30)26-21(31)32)28-20(27-17)35-13-22(1-2-22)12-29-3-6-33-7-4-29/h9,14,26H,1-8,10-13H2,(H,31,32). The summed E-state index contributed by atoms with van der Waals surface area (Å²) in [6, 6.07) is -0.437. The Labute approximate surface area is 206 Å². The molecular formula is C22H28ClFN6O5. The van der Waals surface area contributed by atoms with Crippen molar-refractivity contribution in [3.05, 3.63) is 17.2 Å². The number of amides is 1. The number of halogens is 2. The van der Waals surface area contributed by atoms with Crippen LogP contribution in [0.4, 0.5) is 15.0 Å². The predicted molar refractivity (Wildman–Crippen MR) is 125 cm³/mol. The van der Waals surface area contributed by atoms with E-state index in [0.29, 0.717) is 31.0 Å². The number of hydrogen-bond donors (Lipinski definition) is 2. The van der Waals surface area contributed by atoms with Gasteiger partial charge < -0.3 is 29.5 Å². The maximum atomic E-state index is 15.0. The number of carboxylic acid groups (broad SMARTS) is 1. The molecule has 0 radical (unpaired) electrons. The molecule has 5 rings (SSSR count). The minimum absolute atomic E-state index is 0.0101. The molecule has 2 aliphatic heterocycles. The van der Waals surface area contributed by atoms with E-state index in [0.717, 1.165) is 45.7 Å². The lowest BCUT2D eigenvalue weighted by atomic mass is 10.1. The second-order valence-electron chi connectivity index (χ2n) is 9.30. The van der Waals surface area contributed by atoms with Crippen molar-refractivity contribution in [3.63, 3.8) is 0 Å². The third-order valence-corrected chi connectivity index (χ3v) is 6.88. The van der Waals surface area contributed by atoms with Crippen molar-refractivity contribution in [2.24, 2.45) is 5.41 Å². The van der Waals surface area contributed by atoms with Crippen molar-refractivity contribution in [3.8, 4) is 6.01 Å². The van der Waals surface area contributed by atoms with Crippen molar-refractivity contribution >= 4 is 34.4 Å². The molecule has 1 unspecified atom stereocenters. The minimum Gasteiger partial charge on any atom is -0.465 e. The first kappa shape index (κ1) is 24.2. The zero-order chi connectivity index (χ0) is 24.4. The summed E-state index contributed by atoms with van der Waals surface area (Å²) in [5, 5.41) is 11.7. The molecule has 4 heterocycles. The highest BCUT2D eigenvalue weighted by atomic mass is 35.5. The zero-order valence-electron chi connectivity index (χ0n) is 19.2. The van der Waals surface area contributed by atoms with Gasteiger partial charge in [0.25, 0.3) is 0 Å². The van der Waals surface area contributed by atoms with E-state index in [1.165, 1.54) is 6.20 Å². The molecule has 0 aromatic carbocycles. The van der Waals surface area contributed by atoms with Crippen LogP contribution in [0.2, 0.25) is 5.15 Å². The Morgan fingerprint density at radius 2 is 2.03 bits per heavy atom. The van der Waals surface area contributed by atoms with Crippen molar-refractivity contribution in [2.45, 2.75) is 18.9 Å². The van der Waals surface area contributed by atoms with Gasteiger partial charge in [-0.1, -0.05) is 11.6 Å². The summed E-state index contributed by atoms with van der Waals surface area (Å²) in [4.78, 5) is 28.3. The average molecular weight is 511 g/mol. The van der Waals surface area contributed by atoms with E-state index in [1.807, 2.05) is 4.90 Å². The zero-order valence-corrected chi connectivity index (χ0v) is 20.0. The van der Waals surface area contributed by atoms with E-state index < -0.39 is 18.0 Å². The lowest BCUT2D eigenvalue weighted by Gasteiger charge is -2.30. The first-order valence-corrected chi connectivity index (χ1v) is 12.1. The molecule has 2 N–H and O–H groups in total. The van der Waals surface area contributed by atoms with Gasteiger partial charge >= 0.3 is 12.1 Å². The molecule has 2 aromatic rings. The van der Waals surface area contributed by atoms with Crippen LogP contribution in [-0.2, 0) is 9.47 Å². The molecule has 0 bridgehead atoms. The lowest BCUT2D eigenvalue weighted by molar-refractivity contribution is 0.0231. The Balaban J connectivity index is 1.40. The molecule has 11 nitrogen and oxygen atoms in total. The molecule has 3 fully saturated rings. The molecule has 1 saturated carbocycles. The molecule has 3 aliphatic rings. The van der Waals surface area contributed by atoms with E-state index in [2.05, 4.69) is 25.2 Å². The molecule has 1 atom stereocenters. The van der Waals surface area contributed by atoms with Gasteiger partial charge in [-0.15, -0.1) is 0 Å². The van der Waals surface area contributed by atoms with Gasteiger partial charge in [-0.05, 0) is 12.8 Å². The van der Waals surface area contributed by atoms with E-state index in [9.17, 15) is 9.18 Å². The molecule has 13 heteroatoms. The van der Waals surface area contributed by atoms with Gasteiger partial charge in [0, 0.05) is 44.3 Å². The highest BCUT2D eigenvalue weighted by Gasteiger charge is 2.45. The third kappa shape index (κ3) is 5.66. The van der Waals surface area contributed by atoms with Crippen molar-refractivity contribution in [1.29, 1.82) is 0 Å². The quantitative estimate of drug-likeness (QED) is 0.533. The summed E-state index contributed by atoms with van der Waals surface area (Å²) in [5.41, 5.74) is 0.0351. The SMILES string of the molecule is O=C(O)NC1COCCN(c2nc(OCC3(CN4CCOCC4)CC3)nc3c(F)c(Cl)ncc23)C1. The van der Waals surface area contributed by atoms with Gasteiger partial charge in [0.1, 0.15) is 11.3 Å². The Bertz CT molecular complexity index is 1080. The van der Waals surface area contributed by atoms with Crippen LogP contribution in [0.15, 0.2) is 6.20 Å². The van der Waals surface area contributed by atoms with Crippen LogP contribution >= 0.6 is 11.6 Å². The normalized spacial score (nSPS) is 22.6. The summed E-state index contributed by atoms with van der Waals surface area (Å²) in [5.74, 6) is -0.354. The Morgan fingerprint density at radius 1 is 1.26 bits per heavy atom. The van der Waals surface area contributed by atoms with Crippen LogP contribution in [0.25, 0.3) is 10.9 Å². The molecule has 1 aliphatic carbocycles. The monoisotopic (exact) mass is 510 g/mol. The predicted octanol–water partition coefficient (Wildman–Crippen LogP) is 1.78. The van der Waals surface area contributed by atoms with Gasteiger partial charge in [-0.25, -0.2) is 14.2 Å². The van der Waals surface area contributed by atoms with Gasteiger partial charge in [0.2, 0.25) is 0 Å². The van der Waals surface area contributed by atoms with Crippen molar-refractivity contribution in [1.82, 2.24) is 25.2 Å². The second-order valence-corrected chi connectivity index (χ2v) is 9.66. The number of fused-ring (bicyclic) bond motifs is 1. The van der Waals surface area contributed by atoms with Crippen LogP contribution in [0.3, 0.4) is 0 Å². The van der Waals surface area contributed by atoms with Gasteiger partial charge in [0.05, 0.1) is 44.5 Å². The van der Waals surface area contributed by atoms with Crippen LogP contribution in [-0.4, -0.2) is 103 Å². The van der Waals surface area contributed by atoms with Crippen molar-refractivity contribution < 1.29 is 28.5 Å². The summed E-state index contributed by atoms with van der Waals surface area (Å²) in [6.07, 6.45) is 2.36. The number of aromatic nitrogens is 3. The maximum Gasteiger partial charge on any atom is 0.405 e. The lowest BCUT2D eigenvalue weighted by Crippen LogP contribution is -2.44. The van der Waals surface area contributed by atoms with Crippen LogP contribution < -0.4 is 15.0 Å². The number of anilines is 1. The Morgan fingerprint density at radius 3 is 2.77 bits per heavy atom. The molecule has 0 spiro atoms. The van der Waals surface area contributed by atoms with E-state index in [1.54, 1.807) is 0 Å². The summed E-state index contributed by atoms with van der Waals surface area (Å²) < 4.78 is 32.0. The van der Waals surface area contributed by atoms with E-state index in [-0.39, 0.29) is 35.2 Å². The Hall–Kier alpha value is -2.54. The molecule has 35 heavy (non-hydrogen) atoms. The molecule has 2 saturated heterocycles. The number of morpholine rings is 1. The van der Waals surface area contributed by atoms with Gasteiger partial charge in [-0.2, -0.15) is 9.97 Å². The van der Waals surface area contributed by atoms with Crippen LogP contribution in [0.1, 0.15) is 12.8 Å². The number of nitrogens with one attached hydrogen (secondary N) is 1. The smallest absolute Gasteiger partial charge is 0.405 e. The molecule has 2 aromatic heterocycles. The summed E-state index contributed by atoms with van der Waals surface area (Å²) in [7, 11) is 0. The fourth-order valence-corrected chi connectivity index (χ4v) is 4.68. The van der Waals surface area contributed by atoms with Crippen LogP contribution in [0, 0.1) is 11.2 Å². The number of ether oxygens (including phenoxy) is 3. The van der Waals surface area contributed by atoms with Gasteiger partial charge in [0.15, 0.2) is 11.0 Å².